The van der Waals surface area contributed by atoms with Gasteiger partial charge in [-0.3, -0.25) is 14.4 Å². The molecule has 0 heterocycles. The summed E-state index contributed by atoms with van der Waals surface area (Å²) in [7, 11) is 0. The largest absolute Gasteiger partial charge is 0.512 e. The zero-order valence-corrected chi connectivity index (χ0v) is 13.2. The highest BCUT2D eigenvalue weighted by Crippen LogP contribution is 2.36. The van der Waals surface area contributed by atoms with Crippen molar-refractivity contribution in [2.45, 2.75) is 32.6 Å². The van der Waals surface area contributed by atoms with E-state index in [4.69, 9.17) is 11.6 Å². The van der Waals surface area contributed by atoms with Crippen LogP contribution in [0.1, 0.15) is 38.2 Å². The SMILES string of the molecule is CC(=O)C(C(C)=O)C1=C(O)CC(c2ccc(Cl)cc2)CC1=O. The fraction of sp³-hybridized carbons (Fsp3) is 0.353. The first-order valence-corrected chi connectivity index (χ1v) is 7.40. The summed E-state index contributed by atoms with van der Waals surface area (Å²) in [5.74, 6) is -2.68. The summed E-state index contributed by atoms with van der Waals surface area (Å²) < 4.78 is 0. The maximum absolute atomic E-state index is 12.4. The second-order valence-corrected chi connectivity index (χ2v) is 6.03. The Morgan fingerprint density at radius 2 is 1.68 bits per heavy atom. The van der Waals surface area contributed by atoms with Gasteiger partial charge in [-0.05, 0) is 37.5 Å². The van der Waals surface area contributed by atoms with Gasteiger partial charge < -0.3 is 5.11 Å². The minimum Gasteiger partial charge on any atom is -0.512 e. The van der Waals surface area contributed by atoms with Crippen molar-refractivity contribution >= 4 is 29.0 Å². The molecule has 0 fully saturated rings. The van der Waals surface area contributed by atoms with Crippen LogP contribution in [0.5, 0.6) is 0 Å². The van der Waals surface area contributed by atoms with Crippen LogP contribution in [0.2, 0.25) is 5.02 Å². The first-order valence-electron chi connectivity index (χ1n) is 7.02. The van der Waals surface area contributed by atoms with Gasteiger partial charge in [0.1, 0.15) is 23.2 Å². The molecule has 4 nitrogen and oxygen atoms in total. The number of aliphatic hydroxyl groups is 1. The van der Waals surface area contributed by atoms with Crippen LogP contribution in [0.25, 0.3) is 0 Å². The van der Waals surface area contributed by atoms with E-state index >= 15 is 0 Å². The highest BCUT2D eigenvalue weighted by molar-refractivity contribution is 6.30. The van der Waals surface area contributed by atoms with Gasteiger partial charge in [0.05, 0.1) is 5.57 Å². The number of ketones is 3. The fourth-order valence-corrected chi connectivity index (χ4v) is 3.03. The highest BCUT2D eigenvalue weighted by Gasteiger charge is 2.37. The van der Waals surface area contributed by atoms with E-state index in [1.165, 1.54) is 13.8 Å². The minimum atomic E-state index is -1.15. The summed E-state index contributed by atoms with van der Waals surface area (Å²) in [6.07, 6.45) is 0.401. The molecule has 1 aliphatic carbocycles. The van der Waals surface area contributed by atoms with Gasteiger partial charge in [0, 0.05) is 17.9 Å². The summed E-state index contributed by atoms with van der Waals surface area (Å²) in [6, 6.07) is 7.08. The summed E-state index contributed by atoms with van der Waals surface area (Å²) in [4.78, 5) is 35.6. The molecule has 0 saturated carbocycles. The summed E-state index contributed by atoms with van der Waals surface area (Å²) in [6.45, 7) is 2.51. The van der Waals surface area contributed by atoms with Gasteiger partial charge in [-0.15, -0.1) is 0 Å². The monoisotopic (exact) mass is 320 g/mol. The van der Waals surface area contributed by atoms with E-state index in [2.05, 4.69) is 0 Å². The van der Waals surface area contributed by atoms with Crippen molar-refractivity contribution in [3.63, 3.8) is 0 Å². The molecule has 1 N–H and O–H groups in total. The van der Waals surface area contributed by atoms with Gasteiger partial charge in [-0.1, -0.05) is 23.7 Å². The lowest BCUT2D eigenvalue weighted by Gasteiger charge is -2.26. The zero-order valence-electron chi connectivity index (χ0n) is 12.4. The van der Waals surface area contributed by atoms with E-state index in [9.17, 15) is 19.5 Å². The van der Waals surface area contributed by atoms with Gasteiger partial charge >= 0.3 is 0 Å². The van der Waals surface area contributed by atoms with Crippen LogP contribution < -0.4 is 0 Å². The molecule has 116 valence electrons. The second-order valence-electron chi connectivity index (χ2n) is 5.59. The molecule has 0 bridgehead atoms. The third kappa shape index (κ3) is 3.28. The molecule has 5 heteroatoms. The topological polar surface area (TPSA) is 71.4 Å². The van der Waals surface area contributed by atoms with Gasteiger partial charge in [0.25, 0.3) is 0 Å². The standard InChI is InChI=1S/C17H17ClO4/c1-9(19)16(10(2)20)17-14(21)7-12(8-15(17)22)11-3-5-13(18)6-4-11/h3-6,12,16,21H,7-8H2,1-2H3. The van der Waals surface area contributed by atoms with Crippen LogP contribution >= 0.6 is 11.6 Å². The van der Waals surface area contributed by atoms with E-state index in [1.807, 2.05) is 12.1 Å². The third-order valence-electron chi connectivity index (χ3n) is 3.93. The molecule has 2 rings (SSSR count). The molecule has 1 aromatic rings. The Morgan fingerprint density at radius 1 is 1.14 bits per heavy atom. The molecule has 0 amide bonds. The van der Waals surface area contributed by atoms with Gasteiger partial charge in [0.2, 0.25) is 0 Å². The Balaban J connectivity index is 2.34. The summed E-state index contributed by atoms with van der Waals surface area (Å²) in [5, 5.41) is 10.8. The van der Waals surface area contributed by atoms with Crippen LogP contribution in [-0.4, -0.2) is 22.5 Å². The first kappa shape index (κ1) is 16.4. The fourth-order valence-electron chi connectivity index (χ4n) is 2.90. The molecular weight excluding hydrogens is 304 g/mol. The molecule has 1 aromatic carbocycles. The molecule has 0 spiro atoms. The molecule has 0 aliphatic heterocycles. The lowest BCUT2D eigenvalue weighted by Crippen LogP contribution is -2.31. The Morgan fingerprint density at radius 3 is 2.14 bits per heavy atom. The van der Waals surface area contributed by atoms with Crippen LogP contribution in [-0.2, 0) is 14.4 Å². The van der Waals surface area contributed by atoms with Crippen LogP contribution in [0.15, 0.2) is 35.6 Å². The number of aliphatic hydroxyl groups excluding tert-OH is 1. The van der Waals surface area contributed by atoms with Gasteiger partial charge in [-0.2, -0.15) is 0 Å². The summed E-state index contributed by atoms with van der Waals surface area (Å²) in [5.41, 5.74) is 0.857. The predicted molar refractivity (Wildman–Crippen MR) is 82.9 cm³/mol. The smallest absolute Gasteiger partial charge is 0.164 e. The van der Waals surface area contributed by atoms with Crippen molar-refractivity contribution in [1.82, 2.24) is 0 Å². The maximum atomic E-state index is 12.4. The molecule has 22 heavy (non-hydrogen) atoms. The summed E-state index contributed by atoms with van der Waals surface area (Å²) >= 11 is 5.84. The van der Waals surface area contributed by atoms with Crippen molar-refractivity contribution in [3.8, 4) is 0 Å². The minimum absolute atomic E-state index is 0.0368. The Hall–Kier alpha value is -1.94. The number of carbonyl (C=O) groups excluding carboxylic acids is 3. The molecular formula is C17H17ClO4. The molecule has 0 radical (unpaired) electrons. The molecule has 1 atom stereocenters. The average molecular weight is 321 g/mol. The predicted octanol–water partition coefficient (Wildman–Crippen LogP) is 3.39. The zero-order chi connectivity index (χ0) is 16.4. The molecule has 1 aliphatic rings. The number of allylic oxidation sites excluding steroid dienone is 2. The lowest BCUT2D eigenvalue weighted by atomic mass is 9.77. The van der Waals surface area contributed by atoms with E-state index in [0.717, 1.165) is 5.56 Å². The van der Waals surface area contributed by atoms with Crippen molar-refractivity contribution < 1.29 is 19.5 Å². The van der Waals surface area contributed by atoms with Crippen molar-refractivity contribution in [1.29, 1.82) is 0 Å². The van der Waals surface area contributed by atoms with Crippen LogP contribution in [0, 0.1) is 5.92 Å². The molecule has 0 saturated heterocycles. The quantitative estimate of drug-likeness (QED) is 0.863. The van der Waals surface area contributed by atoms with Crippen LogP contribution in [0.4, 0.5) is 0 Å². The first-order chi connectivity index (χ1) is 10.3. The molecule has 1 unspecified atom stereocenters. The van der Waals surface area contributed by atoms with Crippen molar-refractivity contribution in [3.05, 3.63) is 46.2 Å². The number of rotatable bonds is 4. The van der Waals surface area contributed by atoms with E-state index in [0.29, 0.717) is 5.02 Å². The second kappa shape index (κ2) is 6.44. The van der Waals surface area contributed by atoms with Gasteiger partial charge in [-0.25, -0.2) is 0 Å². The van der Waals surface area contributed by atoms with Gasteiger partial charge in [0.15, 0.2) is 5.78 Å². The van der Waals surface area contributed by atoms with E-state index in [-0.39, 0.29) is 35.9 Å². The Bertz CT molecular complexity index is 644. The van der Waals surface area contributed by atoms with Crippen molar-refractivity contribution in [2.75, 3.05) is 0 Å². The van der Waals surface area contributed by atoms with E-state index < -0.39 is 17.5 Å². The third-order valence-corrected chi connectivity index (χ3v) is 4.18. The Kier molecular flexibility index (Phi) is 4.81. The Labute approximate surface area is 133 Å². The maximum Gasteiger partial charge on any atom is 0.164 e. The average Bonchev–Trinajstić information content (AvgIpc) is 2.42. The number of halogens is 1. The lowest BCUT2D eigenvalue weighted by molar-refractivity contribution is -0.131. The highest BCUT2D eigenvalue weighted by atomic mass is 35.5. The van der Waals surface area contributed by atoms with Crippen molar-refractivity contribution in [2.24, 2.45) is 5.92 Å². The number of hydrogen-bond donors (Lipinski definition) is 1. The van der Waals surface area contributed by atoms with Crippen LogP contribution in [0.3, 0.4) is 0 Å². The van der Waals surface area contributed by atoms with E-state index in [1.54, 1.807) is 12.1 Å². The number of Topliss-reactive ketones (excluding diaryl/α,β-unsaturated/α-hetero) is 3. The molecule has 0 aromatic heterocycles. The normalized spacial score (nSPS) is 18.7. The number of benzene rings is 1. The number of carbonyl (C=O) groups is 3. The number of hydrogen-bond acceptors (Lipinski definition) is 4.